The van der Waals surface area contributed by atoms with Gasteiger partial charge in [-0.15, -0.1) is 0 Å². The lowest BCUT2D eigenvalue weighted by Crippen LogP contribution is -2.35. The Bertz CT molecular complexity index is 219. The molecule has 1 saturated carbocycles. The van der Waals surface area contributed by atoms with Crippen LogP contribution in [0.1, 0.15) is 27.7 Å². The number of hydrogen-bond acceptors (Lipinski definition) is 3. The average Bonchev–Trinajstić information content (AvgIpc) is 2.41. The van der Waals surface area contributed by atoms with E-state index in [-0.39, 0.29) is 22.7 Å². The van der Waals surface area contributed by atoms with Gasteiger partial charge in [0, 0.05) is 0 Å². The number of methoxy groups -OCH3 is 1. The summed E-state index contributed by atoms with van der Waals surface area (Å²) in [4.78, 5) is 11.2. The van der Waals surface area contributed by atoms with Crippen molar-refractivity contribution >= 4 is 5.97 Å². The second-order valence-electron chi connectivity index (χ2n) is 4.97. The number of nitrogens with two attached hydrogens (primary N) is 1. The smallest absolute Gasteiger partial charge is 0.322 e. The maximum absolute atomic E-state index is 11.2. The topological polar surface area (TPSA) is 52.3 Å². The van der Waals surface area contributed by atoms with E-state index in [9.17, 15) is 4.79 Å². The standard InChI is InChI=1S/C10H19NO2/c1-9(2)7(10(9,3)4)6(11)8(12)13-5/h6-7H,11H2,1-5H3. The third-order valence-electron chi connectivity index (χ3n) is 3.96. The Morgan fingerprint density at radius 2 is 1.69 bits per heavy atom. The highest BCUT2D eigenvalue weighted by Gasteiger charge is 2.68. The summed E-state index contributed by atoms with van der Waals surface area (Å²) in [7, 11) is 1.38. The largest absolute Gasteiger partial charge is 0.468 e. The Balaban J connectivity index is 2.73. The molecule has 0 radical (unpaired) electrons. The van der Waals surface area contributed by atoms with Crippen molar-refractivity contribution in [2.45, 2.75) is 33.7 Å². The Labute approximate surface area is 79.6 Å². The van der Waals surface area contributed by atoms with Crippen molar-refractivity contribution in [1.82, 2.24) is 0 Å². The predicted molar refractivity (Wildman–Crippen MR) is 51.0 cm³/mol. The fraction of sp³-hybridized carbons (Fsp3) is 0.900. The number of carbonyl (C=O) groups excluding carboxylic acids is 1. The van der Waals surface area contributed by atoms with Gasteiger partial charge in [0.05, 0.1) is 7.11 Å². The first-order chi connectivity index (χ1) is 5.76. The molecular formula is C10H19NO2. The monoisotopic (exact) mass is 185 g/mol. The maximum atomic E-state index is 11.2. The molecule has 1 aliphatic carbocycles. The van der Waals surface area contributed by atoms with E-state index in [1.54, 1.807) is 0 Å². The van der Waals surface area contributed by atoms with Crippen molar-refractivity contribution in [2.75, 3.05) is 7.11 Å². The zero-order valence-electron chi connectivity index (χ0n) is 9.05. The van der Waals surface area contributed by atoms with Crippen molar-refractivity contribution in [2.24, 2.45) is 22.5 Å². The fourth-order valence-corrected chi connectivity index (χ4v) is 2.42. The van der Waals surface area contributed by atoms with Crippen LogP contribution in [0.2, 0.25) is 0 Å². The summed E-state index contributed by atoms with van der Waals surface area (Å²) >= 11 is 0. The van der Waals surface area contributed by atoms with Gasteiger partial charge in [0.25, 0.3) is 0 Å². The van der Waals surface area contributed by atoms with E-state index in [1.165, 1.54) is 7.11 Å². The molecule has 0 aromatic heterocycles. The van der Waals surface area contributed by atoms with Crippen LogP contribution in [0.15, 0.2) is 0 Å². The SMILES string of the molecule is COC(=O)C(N)C1C(C)(C)C1(C)C. The lowest BCUT2D eigenvalue weighted by molar-refractivity contribution is -0.143. The van der Waals surface area contributed by atoms with Gasteiger partial charge in [-0.25, -0.2) is 0 Å². The zero-order valence-corrected chi connectivity index (χ0v) is 9.05. The second kappa shape index (κ2) is 2.71. The molecule has 2 N–H and O–H groups in total. The minimum Gasteiger partial charge on any atom is -0.468 e. The molecule has 1 rings (SSSR count). The van der Waals surface area contributed by atoms with Crippen molar-refractivity contribution in [3.05, 3.63) is 0 Å². The predicted octanol–water partition coefficient (Wildman–Crippen LogP) is 1.17. The minimum atomic E-state index is -0.477. The molecule has 0 bridgehead atoms. The van der Waals surface area contributed by atoms with Crippen molar-refractivity contribution in [3.8, 4) is 0 Å². The molecule has 0 spiro atoms. The summed E-state index contributed by atoms with van der Waals surface area (Å²) in [5.41, 5.74) is 6.09. The molecule has 0 aromatic rings. The highest BCUT2D eigenvalue weighted by Crippen LogP contribution is 2.69. The third-order valence-corrected chi connectivity index (χ3v) is 3.96. The van der Waals surface area contributed by atoms with Crippen LogP contribution in [-0.4, -0.2) is 19.1 Å². The van der Waals surface area contributed by atoms with E-state index in [1.807, 2.05) is 0 Å². The van der Waals surface area contributed by atoms with E-state index >= 15 is 0 Å². The first kappa shape index (κ1) is 10.5. The van der Waals surface area contributed by atoms with Crippen LogP contribution in [0.5, 0.6) is 0 Å². The summed E-state index contributed by atoms with van der Waals surface area (Å²) in [5.74, 6) is -0.0731. The molecule has 0 aromatic carbocycles. The number of carbonyl (C=O) groups is 1. The lowest BCUT2D eigenvalue weighted by atomic mass is 10.0. The average molecular weight is 185 g/mol. The minimum absolute atomic E-state index is 0.139. The molecule has 1 unspecified atom stereocenters. The Kier molecular flexibility index (Phi) is 2.19. The van der Waals surface area contributed by atoms with Gasteiger partial charge < -0.3 is 10.5 Å². The first-order valence-corrected chi connectivity index (χ1v) is 4.60. The number of ether oxygens (including phenoxy) is 1. The molecule has 3 heteroatoms. The van der Waals surface area contributed by atoms with Crippen LogP contribution in [0, 0.1) is 16.7 Å². The van der Waals surface area contributed by atoms with Gasteiger partial charge in [0.2, 0.25) is 0 Å². The summed E-state index contributed by atoms with van der Waals surface area (Å²) in [6, 6.07) is -0.477. The summed E-state index contributed by atoms with van der Waals surface area (Å²) in [5, 5.41) is 0. The van der Waals surface area contributed by atoms with Gasteiger partial charge in [-0.05, 0) is 16.7 Å². The van der Waals surface area contributed by atoms with E-state index < -0.39 is 6.04 Å². The quantitative estimate of drug-likeness (QED) is 0.657. The molecule has 1 fully saturated rings. The summed E-state index contributed by atoms with van der Waals surface area (Å²) in [6.07, 6.45) is 0. The second-order valence-corrected chi connectivity index (χ2v) is 4.97. The highest BCUT2D eigenvalue weighted by atomic mass is 16.5. The Morgan fingerprint density at radius 3 is 1.92 bits per heavy atom. The molecule has 0 heterocycles. The molecule has 1 aliphatic rings. The number of esters is 1. The van der Waals surface area contributed by atoms with Crippen molar-refractivity contribution in [3.63, 3.8) is 0 Å². The van der Waals surface area contributed by atoms with Gasteiger partial charge in [0.1, 0.15) is 6.04 Å². The first-order valence-electron chi connectivity index (χ1n) is 4.60. The summed E-state index contributed by atoms with van der Waals surface area (Å²) in [6.45, 7) is 8.56. The van der Waals surface area contributed by atoms with E-state index in [0.717, 1.165) is 0 Å². The summed E-state index contributed by atoms with van der Waals surface area (Å²) < 4.78 is 4.64. The molecule has 3 nitrogen and oxygen atoms in total. The van der Waals surface area contributed by atoms with Gasteiger partial charge in [-0.3, -0.25) is 4.79 Å². The number of hydrogen-bond donors (Lipinski definition) is 1. The van der Waals surface area contributed by atoms with E-state index in [2.05, 4.69) is 32.4 Å². The van der Waals surface area contributed by atoms with Crippen LogP contribution in [-0.2, 0) is 9.53 Å². The van der Waals surface area contributed by atoms with Crippen LogP contribution in [0.3, 0.4) is 0 Å². The molecule has 1 atom stereocenters. The normalized spacial score (nSPS) is 26.6. The van der Waals surface area contributed by atoms with Crippen LogP contribution < -0.4 is 5.73 Å². The molecule has 0 saturated heterocycles. The molecule has 76 valence electrons. The van der Waals surface area contributed by atoms with Gasteiger partial charge in [0.15, 0.2) is 0 Å². The lowest BCUT2D eigenvalue weighted by Gasteiger charge is -2.10. The molecular weight excluding hydrogens is 166 g/mol. The third kappa shape index (κ3) is 1.26. The van der Waals surface area contributed by atoms with Crippen molar-refractivity contribution < 1.29 is 9.53 Å². The van der Waals surface area contributed by atoms with Crippen molar-refractivity contribution in [1.29, 1.82) is 0 Å². The highest BCUT2D eigenvalue weighted by molar-refractivity contribution is 5.76. The Hall–Kier alpha value is -0.570. The maximum Gasteiger partial charge on any atom is 0.322 e. The molecule has 0 aliphatic heterocycles. The van der Waals surface area contributed by atoms with E-state index in [4.69, 9.17) is 5.73 Å². The van der Waals surface area contributed by atoms with Gasteiger partial charge in [-0.2, -0.15) is 0 Å². The zero-order chi connectivity index (χ0) is 10.4. The molecule has 13 heavy (non-hydrogen) atoms. The van der Waals surface area contributed by atoms with Crippen LogP contribution in [0.4, 0.5) is 0 Å². The molecule has 0 amide bonds. The van der Waals surface area contributed by atoms with Gasteiger partial charge in [-0.1, -0.05) is 27.7 Å². The Morgan fingerprint density at radius 1 is 1.31 bits per heavy atom. The van der Waals surface area contributed by atoms with Crippen LogP contribution in [0.25, 0.3) is 0 Å². The van der Waals surface area contributed by atoms with E-state index in [0.29, 0.717) is 0 Å². The fourth-order valence-electron chi connectivity index (χ4n) is 2.42. The van der Waals surface area contributed by atoms with Gasteiger partial charge >= 0.3 is 5.97 Å². The number of rotatable bonds is 2. The van der Waals surface area contributed by atoms with Crippen LogP contribution >= 0.6 is 0 Å².